The van der Waals surface area contributed by atoms with E-state index in [0.717, 1.165) is 0 Å². The Morgan fingerprint density at radius 1 is 1.50 bits per heavy atom. The molecule has 0 aliphatic carbocycles. The van der Waals surface area contributed by atoms with E-state index >= 15 is 0 Å². The number of nitro groups is 1. The van der Waals surface area contributed by atoms with Crippen LogP contribution in [0.4, 0.5) is 5.69 Å². The maximum atomic E-state index is 10.2. The van der Waals surface area contributed by atoms with E-state index in [0.29, 0.717) is 5.56 Å². The highest BCUT2D eigenvalue weighted by molar-refractivity contribution is 5.85. The van der Waals surface area contributed by atoms with Crippen LogP contribution in [0.2, 0.25) is 0 Å². The molecule has 0 spiro atoms. The molecule has 62 valence electrons. The van der Waals surface area contributed by atoms with Gasteiger partial charge in [0.2, 0.25) is 0 Å². The van der Waals surface area contributed by atoms with Crippen LogP contribution in [0.5, 0.6) is 0 Å². The first-order valence-electron chi connectivity index (χ1n) is 2.88. The standard InChI is InChI=1S/C7H4N2O2.ClH/c8-5-6-2-1-3-7(4-6)9(10)11;/h1-4H;1H. The fourth-order valence-electron chi connectivity index (χ4n) is 0.689. The van der Waals surface area contributed by atoms with Gasteiger partial charge in [-0.05, 0) is 6.07 Å². The lowest BCUT2D eigenvalue weighted by molar-refractivity contribution is -0.384. The molecule has 0 saturated heterocycles. The van der Waals surface area contributed by atoms with Crippen molar-refractivity contribution in [3.8, 4) is 6.07 Å². The number of benzene rings is 1. The summed E-state index contributed by atoms with van der Waals surface area (Å²) >= 11 is 0. The Morgan fingerprint density at radius 3 is 2.67 bits per heavy atom. The third-order valence-electron chi connectivity index (χ3n) is 1.19. The van der Waals surface area contributed by atoms with Crippen molar-refractivity contribution in [2.75, 3.05) is 0 Å². The smallest absolute Gasteiger partial charge is 0.258 e. The average Bonchev–Trinajstić information content (AvgIpc) is 2.05. The lowest BCUT2D eigenvalue weighted by Crippen LogP contribution is -1.87. The molecule has 0 saturated carbocycles. The highest BCUT2D eigenvalue weighted by Gasteiger charge is 2.03. The van der Waals surface area contributed by atoms with E-state index in [1.165, 1.54) is 24.3 Å². The molecule has 1 aromatic carbocycles. The van der Waals surface area contributed by atoms with Gasteiger partial charge in [0.25, 0.3) is 5.69 Å². The van der Waals surface area contributed by atoms with Crippen molar-refractivity contribution < 1.29 is 4.92 Å². The lowest BCUT2D eigenvalue weighted by atomic mass is 10.2. The zero-order valence-corrected chi connectivity index (χ0v) is 6.75. The van der Waals surface area contributed by atoms with Gasteiger partial charge in [-0.15, -0.1) is 12.4 Å². The molecule has 5 heteroatoms. The van der Waals surface area contributed by atoms with Crippen molar-refractivity contribution >= 4 is 18.1 Å². The highest BCUT2D eigenvalue weighted by atomic mass is 35.5. The summed E-state index contributed by atoms with van der Waals surface area (Å²) in [5.41, 5.74) is 0.253. The largest absolute Gasteiger partial charge is 0.270 e. The second-order valence-corrected chi connectivity index (χ2v) is 1.92. The van der Waals surface area contributed by atoms with Crippen molar-refractivity contribution in [3.05, 3.63) is 39.9 Å². The molecule has 0 amide bonds. The molecular weight excluding hydrogens is 180 g/mol. The molecule has 12 heavy (non-hydrogen) atoms. The number of halogens is 1. The van der Waals surface area contributed by atoms with Gasteiger partial charge in [-0.3, -0.25) is 10.1 Å². The summed E-state index contributed by atoms with van der Waals surface area (Å²) in [6.45, 7) is 0. The zero-order chi connectivity index (χ0) is 8.27. The van der Waals surface area contributed by atoms with Gasteiger partial charge in [-0.25, -0.2) is 0 Å². The van der Waals surface area contributed by atoms with Crippen LogP contribution in [0.15, 0.2) is 24.3 Å². The molecule has 0 bridgehead atoms. The third-order valence-corrected chi connectivity index (χ3v) is 1.19. The second kappa shape index (κ2) is 4.31. The lowest BCUT2D eigenvalue weighted by Gasteiger charge is -1.89. The van der Waals surface area contributed by atoms with Gasteiger partial charge in [0.1, 0.15) is 0 Å². The molecule has 0 radical (unpaired) electrons. The molecular formula is C7H5ClN2O2. The number of nitriles is 1. The predicted octanol–water partition coefficient (Wildman–Crippen LogP) is 1.89. The van der Waals surface area contributed by atoms with Crippen LogP contribution in [0, 0.1) is 21.4 Å². The Morgan fingerprint density at radius 2 is 2.17 bits per heavy atom. The number of non-ortho nitro benzene ring substituents is 1. The normalized spacial score (nSPS) is 7.92. The summed E-state index contributed by atoms with van der Waals surface area (Å²) in [4.78, 5) is 9.64. The Kier molecular flexibility index (Phi) is 3.74. The van der Waals surface area contributed by atoms with Crippen molar-refractivity contribution in [1.29, 1.82) is 5.26 Å². The van der Waals surface area contributed by atoms with Gasteiger partial charge in [-0.1, -0.05) is 6.07 Å². The third kappa shape index (κ3) is 2.22. The first kappa shape index (κ1) is 10.4. The Balaban J connectivity index is 0.00000121. The summed E-state index contributed by atoms with van der Waals surface area (Å²) in [7, 11) is 0. The van der Waals surface area contributed by atoms with Crippen molar-refractivity contribution in [2.45, 2.75) is 0 Å². The topological polar surface area (TPSA) is 66.9 Å². The van der Waals surface area contributed by atoms with Crippen LogP contribution in [0.1, 0.15) is 5.56 Å². The minimum Gasteiger partial charge on any atom is -0.258 e. The van der Waals surface area contributed by atoms with E-state index in [-0.39, 0.29) is 18.1 Å². The maximum absolute atomic E-state index is 10.2. The molecule has 0 aromatic heterocycles. The Bertz CT molecular complexity index is 332. The molecule has 0 unspecified atom stereocenters. The molecule has 0 aliphatic heterocycles. The molecule has 0 fully saturated rings. The molecule has 4 nitrogen and oxygen atoms in total. The number of hydrogen-bond donors (Lipinski definition) is 0. The molecule has 1 rings (SSSR count). The average molecular weight is 185 g/mol. The highest BCUT2D eigenvalue weighted by Crippen LogP contribution is 2.11. The van der Waals surface area contributed by atoms with E-state index in [9.17, 15) is 10.1 Å². The maximum Gasteiger partial charge on any atom is 0.270 e. The van der Waals surface area contributed by atoms with E-state index < -0.39 is 4.92 Å². The Hall–Kier alpha value is -1.60. The second-order valence-electron chi connectivity index (χ2n) is 1.92. The van der Waals surface area contributed by atoms with Crippen molar-refractivity contribution in [3.63, 3.8) is 0 Å². The van der Waals surface area contributed by atoms with E-state index in [4.69, 9.17) is 5.26 Å². The van der Waals surface area contributed by atoms with Crippen LogP contribution >= 0.6 is 12.4 Å². The van der Waals surface area contributed by atoms with E-state index in [2.05, 4.69) is 0 Å². The summed E-state index contributed by atoms with van der Waals surface area (Å²) in [5, 5.41) is 18.5. The van der Waals surface area contributed by atoms with Gasteiger partial charge in [0, 0.05) is 12.1 Å². The molecule has 0 aliphatic rings. The quantitative estimate of drug-likeness (QED) is 0.494. The minimum atomic E-state index is -0.527. The van der Waals surface area contributed by atoms with Crippen LogP contribution in [0.25, 0.3) is 0 Å². The van der Waals surface area contributed by atoms with Crippen molar-refractivity contribution in [1.82, 2.24) is 0 Å². The fourth-order valence-corrected chi connectivity index (χ4v) is 0.689. The molecule has 1 aromatic rings. The van der Waals surface area contributed by atoms with Crippen LogP contribution in [-0.4, -0.2) is 4.92 Å². The molecule has 0 atom stereocenters. The van der Waals surface area contributed by atoms with Crippen LogP contribution in [0.3, 0.4) is 0 Å². The van der Waals surface area contributed by atoms with E-state index in [1.807, 2.05) is 6.07 Å². The zero-order valence-electron chi connectivity index (χ0n) is 5.93. The van der Waals surface area contributed by atoms with Gasteiger partial charge in [-0.2, -0.15) is 5.26 Å². The summed E-state index contributed by atoms with van der Waals surface area (Å²) in [5.74, 6) is 0. The molecule has 0 heterocycles. The predicted molar refractivity (Wildman–Crippen MR) is 45.1 cm³/mol. The van der Waals surface area contributed by atoms with Crippen LogP contribution < -0.4 is 0 Å². The fraction of sp³-hybridized carbons (Fsp3) is 0. The number of rotatable bonds is 1. The van der Waals surface area contributed by atoms with Gasteiger partial charge in [0.15, 0.2) is 0 Å². The summed E-state index contributed by atoms with van der Waals surface area (Å²) < 4.78 is 0. The van der Waals surface area contributed by atoms with Crippen LogP contribution in [-0.2, 0) is 0 Å². The van der Waals surface area contributed by atoms with Gasteiger partial charge in [0.05, 0.1) is 16.6 Å². The number of hydrogen-bond acceptors (Lipinski definition) is 3. The number of nitrogens with zero attached hydrogens (tertiary/aromatic N) is 2. The monoisotopic (exact) mass is 184 g/mol. The first-order valence-corrected chi connectivity index (χ1v) is 2.88. The minimum absolute atomic E-state index is 0. The van der Waals surface area contributed by atoms with Gasteiger partial charge < -0.3 is 0 Å². The SMILES string of the molecule is Cl.N#Cc1cccc([N+](=O)[O-])c1. The number of nitro benzene ring substituents is 1. The summed E-state index contributed by atoms with van der Waals surface area (Å²) in [6, 6.07) is 7.41. The first-order chi connectivity index (χ1) is 5.24. The Labute approximate surface area is 75.0 Å². The van der Waals surface area contributed by atoms with E-state index in [1.54, 1.807) is 0 Å². The molecule has 0 N–H and O–H groups in total. The van der Waals surface area contributed by atoms with Gasteiger partial charge >= 0.3 is 0 Å². The summed E-state index contributed by atoms with van der Waals surface area (Å²) in [6.07, 6.45) is 0. The van der Waals surface area contributed by atoms with Crippen molar-refractivity contribution in [2.24, 2.45) is 0 Å².